The van der Waals surface area contributed by atoms with Crippen molar-refractivity contribution in [3.63, 3.8) is 0 Å². The molecule has 3 heterocycles. The Hall–Kier alpha value is -3.48. The van der Waals surface area contributed by atoms with Crippen LogP contribution in [0, 0.1) is 0 Å². The van der Waals surface area contributed by atoms with Crippen molar-refractivity contribution in [2.24, 2.45) is 0 Å². The van der Waals surface area contributed by atoms with E-state index < -0.39 is 0 Å². The lowest BCUT2D eigenvalue weighted by molar-refractivity contribution is 0.812. The van der Waals surface area contributed by atoms with E-state index in [1.807, 2.05) is 28.8 Å². The highest BCUT2D eigenvalue weighted by atomic mass is 15.1. The Morgan fingerprint density at radius 1 is 0.929 bits per heavy atom. The fourth-order valence-electron chi connectivity index (χ4n) is 3.34. The summed E-state index contributed by atoms with van der Waals surface area (Å²) in [5, 5.41) is 0. The van der Waals surface area contributed by atoms with Crippen LogP contribution in [0.1, 0.15) is 30.5 Å². The van der Waals surface area contributed by atoms with E-state index in [4.69, 9.17) is 11.5 Å². The highest BCUT2D eigenvalue weighted by molar-refractivity contribution is 5.87. The van der Waals surface area contributed by atoms with Crippen LogP contribution in [0.5, 0.6) is 0 Å². The van der Waals surface area contributed by atoms with Crippen LogP contribution in [0.2, 0.25) is 0 Å². The van der Waals surface area contributed by atoms with Crippen LogP contribution < -0.4 is 11.5 Å². The van der Waals surface area contributed by atoms with E-state index in [1.165, 1.54) is 5.56 Å². The molecule has 28 heavy (non-hydrogen) atoms. The summed E-state index contributed by atoms with van der Waals surface area (Å²) in [6.07, 6.45) is 5.37. The standard InChI is InChI=1S/C21H23N7/c1-3-13-7-8-24-17(10-13)18-19-20(27-21(23)26-18)28(12-25-19)11-14-5-6-16(22)15(4-2)9-14/h5-10,12H,3-4,11,22H2,1-2H3,(H2,23,26,27). The van der Waals surface area contributed by atoms with Crippen LogP contribution in [0.3, 0.4) is 0 Å². The van der Waals surface area contributed by atoms with E-state index in [9.17, 15) is 0 Å². The number of fused-ring (bicyclic) bond motifs is 1. The van der Waals surface area contributed by atoms with Crippen molar-refractivity contribution in [3.05, 3.63) is 59.5 Å². The minimum Gasteiger partial charge on any atom is -0.399 e. The molecule has 4 N–H and O–H groups in total. The Balaban J connectivity index is 1.79. The summed E-state index contributed by atoms with van der Waals surface area (Å²) in [4.78, 5) is 17.9. The van der Waals surface area contributed by atoms with Crippen molar-refractivity contribution in [3.8, 4) is 11.4 Å². The second kappa shape index (κ2) is 7.26. The zero-order valence-electron chi connectivity index (χ0n) is 16.1. The molecule has 0 radical (unpaired) electrons. The molecule has 0 saturated carbocycles. The van der Waals surface area contributed by atoms with E-state index in [2.05, 4.69) is 39.8 Å². The molecule has 1 aromatic carbocycles. The molecule has 0 unspecified atom stereocenters. The number of anilines is 2. The Labute approximate surface area is 163 Å². The number of aryl methyl sites for hydroxylation is 2. The summed E-state index contributed by atoms with van der Waals surface area (Å²) in [5.41, 5.74) is 19.1. The molecule has 0 fully saturated rings. The maximum atomic E-state index is 6.03. The number of nitrogens with zero attached hydrogens (tertiary/aromatic N) is 5. The predicted molar refractivity (Wildman–Crippen MR) is 112 cm³/mol. The van der Waals surface area contributed by atoms with Gasteiger partial charge in [0.05, 0.1) is 18.6 Å². The first kappa shape index (κ1) is 17.9. The summed E-state index contributed by atoms with van der Waals surface area (Å²) in [5.74, 6) is 0.208. The molecule has 7 nitrogen and oxygen atoms in total. The molecule has 0 amide bonds. The zero-order chi connectivity index (χ0) is 19.7. The molecule has 4 aromatic rings. The first-order chi connectivity index (χ1) is 13.6. The molecule has 7 heteroatoms. The number of imidazole rings is 1. The van der Waals surface area contributed by atoms with Gasteiger partial charge in [0.1, 0.15) is 11.2 Å². The minimum absolute atomic E-state index is 0.208. The maximum Gasteiger partial charge on any atom is 0.222 e. The summed E-state index contributed by atoms with van der Waals surface area (Å²) >= 11 is 0. The number of nitrogens with two attached hydrogens (primary N) is 2. The molecular formula is C21H23N7. The average Bonchev–Trinajstić information content (AvgIpc) is 3.11. The molecule has 0 bridgehead atoms. The van der Waals surface area contributed by atoms with Crippen LogP contribution in [0.25, 0.3) is 22.6 Å². The van der Waals surface area contributed by atoms with E-state index >= 15 is 0 Å². The topological polar surface area (TPSA) is 109 Å². The van der Waals surface area contributed by atoms with Gasteiger partial charge in [-0.1, -0.05) is 26.0 Å². The normalized spacial score (nSPS) is 11.2. The lowest BCUT2D eigenvalue weighted by Crippen LogP contribution is -2.04. The van der Waals surface area contributed by atoms with Crippen LogP contribution in [0.4, 0.5) is 11.6 Å². The SMILES string of the molecule is CCc1ccnc(-c2nc(N)nc3c2ncn3Cc2ccc(N)c(CC)c2)c1. The first-order valence-electron chi connectivity index (χ1n) is 9.40. The molecule has 0 saturated heterocycles. The van der Waals surface area contributed by atoms with Crippen molar-refractivity contribution in [2.75, 3.05) is 11.5 Å². The van der Waals surface area contributed by atoms with Crippen molar-refractivity contribution in [2.45, 2.75) is 33.2 Å². The van der Waals surface area contributed by atoms with Gasteiger partial charge in [-0.15, -0.1) is 0 Å². The Bertz CT molecular complexity index is 1150. The van der Waals surface area contributed by atoms with Gasteiger partial charge in [0.15, 0.2) is 5.65 Å². The molecule has 4 rings (SSSR count). The Morgan fingerprint density at radius 3 is 2.57 bits per heavy atom. The number of pyridine rings is 1. The molecule has 0 atom stereocenters. The second-order valence-corrected chi connectivity index (χ2v) is 6.76. The molecule has 0 aliphatic rings. The largest absolute Gasteiger partial charge is 0.399 e. The fourth-order valence-corrected chi connectivity index (χ4v) is 3.34. The number of aromatic nitrogens is 5. The maximum absolute atomic E-state index is 6.03. The number of nitrogen functional groups attached to an aromatic ring is 2. The van der Waals surface area contributed by atoms with Crippen molar-refractivity contribution in [1.82, 2.24) is 24.5 Å². The van der Waals surface area contributed by atoms with Crippen LogP contribution in [-0.2, 0) is 19.4 Å². The third-order valence-electron chi connectivity index (χ3n) is 4.90. The first-order valence-corrected chi connectivity index (χ1v) is 9.40. The Kier molecular flexibility index (Phi) is 4.65. The van der Waals surface area contributed by atoms with E-state index in [1.54, 1.807) is 12.5 Å². The fraction of sp³-hybridized carbons (Fsp3) is 0.238. The Morgan fingerprint density at radius 2 is 1.79 bits per heavy atom. The summed E-state index contributed by atoms with van der Waals surface area (Å²) in [7, 11) is 0. The zero-order valence-corrected chi connectivity index (χ0v) is 16.1. The predicted octanol–water partition coefficient (Wildman–Crippen LogP) is 3.23. The van der Waals surface area contributed by atoms with Crippen molar-refractivity contribution >= 4 is 22.8 Å². The molecule has 3 aromatic heterocycles. The lowest BCUT2D eigenvalue weighted by Gasteiger charge is -2.09. The van der Waals surface area contributed by atoms with Gasteiger partial charge in [0, 0.05) is 11.9 Å². The van der Waals surface area contributed by atoms with Gasteiger partial charge in [0.25, 0.3) is 0 Å². The van der Waals surface area contributed by atoms with Gasteiger partial charge >= 0.3 is 0 Å². The monoisotopic (exact) mass is 373 g/mol. The van der Waals surface area contributed by atoms with Gasteiger partial charge in [-0.3, -0.25) is 4.98 Å². The summed E-state index contributed by atoms with van der Waals surface area (Å²) in [6.45, 7) is 4.83. The minimum atomic E-state index is 0.208. The third-order valence-corrected chi connectivity index (χ3v) is 4.90. The molecule has 142 valence electrons. The highest BCUT2D eigenvalue weighted by Gasteiger charge is 2.15. The van der Waals surface area contributed by atoms with Gasteiger partial charge in [-0.05, 0) is 47.7 Å². The van der Waals surface area contributed by atoms with Crippen molar-refractivity contribution < 1.29 is 0 Å². The quantitative estimate of drug-likeness (QED) is 0.520. The van der Waals surface area contributed by atoms with Crippen LogP contribution in [-0.4, -0.2) is 24.5 Å². The van der Waals surface area contributed by atoms with Gasteiger partial charge in [0.2, 0.25) is 5.95 Å². The third kappa shape index (κ3) is 3.26. The summed E-state index contributed by atoms with van der Waals surface area (Å²) < 4.78 is 1.98. The molecule has 0 spiro atoms. The van der Waals surface area contributed by atoms with Crippen LogP contribution >= 0.6 is 0 Å². The number of hydrogen-bond donors (Lipinski definition) is 2. The smallest absolute Gasteiger partial charge is 0.222 e. The lowest BCUT2D eigenvalue weighted by atomic mass is 10.1. The van der Waals surface area contributed by atoms with E-state index in [0.717, 1.165) is 35.3 Å². The highest BCUT2D eigenvalue weighted by Crippen LogP contribution is 2.26. The number of hydrogen-bond acceptors (Lipinski definition) is 6. The number of benzene rings is 1. The van der Waals surface area contributed by atoms with E-state index in [0.29, 0.717) is 23.4 Å². The molecule has 0 aliphatic carbocycles. The molecular weight excluding hydrogens is 350 g/mol. The van der Waals surface area contributed by atoms with Gasteiger partial charge in [-0.25, -0.2) is 9.97 Å². The van der Waals surface area contributed by atoms with Gasteiger partial charge < -0.3 is 16.0 Å². The summed E-state index contributed by atoms with van der Waals surface area (Å²) in [6, 6.07) is 10.1. The second-order valence-electron chi connectivity index (χ2n) is 6.76. The average molecular weight is 373 g/mol. The van der Waals surface area contributed by atoms with Crippen molar-refractivity contribution in [1.29, 1.82) is 0 Å². The van der Waals surface area contributed by atoms with Crippen LogP contribution in [0.15, 0.2) is 42.9 Å². The molecule has 0 aliphatic heterocycles. The van der Waals surface area contributed by atoms with E-state index in [-0.39, 0.29) is 5.95 Å². The number of rotatable bonds is 5. The van der Waals surface area contributed by atoms with Gasteiger partial charge in [-0.2, -0.15) is 4.98 Å².